The van der Waals surface area contributed by atoms with E-state index in [9.17, 15) is 4.79 Å². The standard InChI is InChI=1S/C11H9BrN2OS2/c12-7-1-2-9(10(16)3-7)11(15)14-5-8-4-13-6-17-8/h1-4,6,16H,5H2,(H,14,15). The fourth-order valence-electron chi connectivity index (χ4n) is 1.29. The first-order chi connectivity index (χ1) is 8.16. The Hall–Kier alpha value is -0.850. The quantitative estimate of drug-likeness (QED) is 0.850. The van der Waals surface area contributed by atoms with Gasteiger partial charge in [0.05, 0.1) is 17.6 Å². The van der Waals surface area contributed by atoms with Gasteiger partial charge in [-0.1, -0.05) is 15.9 Å². The summed E-state index contributed by atoms with van der Waals surface area (Å²) in [4.78, 5) is 17.5. The maximum absolute atomic E-state index is 11.9. The number of hydrogen-bond donors (Lipinski definition) is 2. The van der Waals surface area contributed by atoms with E-state index in [1.807, 2.05) is 6.07 Å². The molecule has 1 aromatic carbocycles. The van der Waals surface area contributed by atoms with E-state index in [1.54, 1.807) is 23.8 Å². The molecule has 0 saturated carbocycles. The molecule has 1 aromatic heterocycles. The van der Waals surface area contributed by atoms with Crippen LogP contribution in [-0.4, -0.2) is 10.9 Å². The first kappa shape index (κ1) is 12.6. The minimum absolute atomic E-state index is 0.129. The number of nitrogens with one attached hydrogen (secondary N) is 1. The van der Waals surface area contributed by atoms with Gasteiger partial charge in [-0.2, -0.15) is 0 Å². The van der Waals surface area contributed by atoms with Gasteiger partial charge >= 0.3 is 0 Å². The van der Waals surface area contributed by atoms with E-state index in [0.29, 0.717) is 17.0 Å². The molecule has 1 amide bonds. The van der Waals surface area contributed by atoms with Gasteiger partial charge in [-0.25, -0.2) is 0 Å². The molecule has 1 heterocycles. The summed E-state index contributed by atoms with van der Waals surface area (Å²) in [5.74, 6) is -0.129. The summed E-state index contributed by atoms with van der Waals surface area (Å²) in [6.45, 7) is 0.493. The van der Waals surface area contributed by atoms with E-state index in [4.69, 9.17) is 0 Å². The molecule has 0 radical (unpaired) electrons. The van der Waals surface area contributed by atoms with Crippen LogP contribution in [0.1, 0.15) is 15.2 Å². The molecule has 88 valence electrons. The first-order valence-electron chi connectivity index (χ1n) is 4.81. The zero-order valence-electron chi connectivity index (χ0n) is 8.68. The lowest BCUT2D eigenvalue weighted by Crippen LogP contribution is -2.22. The summed E-state index contributed by atoms with van der Waals surface area (Å²) >= 11 is 9.12. The van der Waals surface area contributed by atoms with Gasteiger partial charge in [-0.15, -0.1) is 24.0 Å². The number of thiol groups is 1. The average Bonchev–Trinajstić information content (AvgIpc) is 2.78. The van der Waals surface area contributed by atoms with Crippen molar-refractivity contribution < 1.29 is 4.79 Å². The number of rotatable bonds is 3. The van der Waals surface area contributed by atoms with Crippen molar-refractivity contribution in [2.24, 2.45) is 0 Å². The first-order valence-corrected chi connectivity index (χ1v) is 6.93. The molecule has 2 rings (SSSR count). The lowest BCUT2D eigenvalue weighted by atomic mass is 10.2. The molecule has 0 aliphatic rings. The Kier molecular flexibility index (Phi) is 4.20. The van der Waals surface area contributed by atoms with Crippen LogP contribution >= 0.6 is 39.9 Å². The van der Waals surface area contributed by atoms with Gasteiger partial charge < -0.3 is 5.32 Å². The molecular weight excluding hydrogens is 320 g/mol. The molecule has 0 atom stereocenters. The van der Waals surface area contributed by atoms with Gasteiger partial charge in [0, 0.05) is 20.4 Å². The highest BCUT2D eigenvalue weighted by molar-refractivity contribution is 9.10. The third-order valence-corrected chi connectivity index (χ3v) is 3.75. The van der Waals surface area contributed by atoms with Crippen LogP contribution in [0.25, 0.3) is 0 Å². The molecule has 1 N–H and O–H groups in total. The van der Waals surface area contributed by atoms with Crippen molar-refractivity contribution in [1.82, 2.24) is 10.3 Å². The van der Waals surface area contributed by atoms with Crippen LogP contribution in [0.4, 0.5) is 0 Å². The molecule has 2 aromatic rings. The number of carbonyl (C=O) groups is 1. The SMILES string of the molecule is O=C(NCc1cncs1)c1ccc(Br)cc1S. The largest absolute Gasteiger partial charge is 0.347 e. The Labute approximate surface area is 117 Å². The maximum atomic E-state index is 11.9. The second-order valence-electron chi connectivity index (χ2n) is 3.31. The van der Waals surface area contributed by atoms with Crippen LogP contribution in [-0.2, 0) is 6.54 Å². The smallest absolute Gasteiger partial charge is 0.252 e. The van der Waals surface area contributed by atoms with E-state index in [-0.39, 0.29) is 5.91 Å². The molecule has 17 heavy (non-hydrogen) atoms. The maximum Gasteiger partial charge on any atom is 0.252 e. The predicted octanol–water partition coefficient (Wildman–Crippen LogP) is 3.12. The Morgan fingerprint density at radius 3 is 3.00 bits per heavy atom. The van der Waals surface area contributed by atoms with Crippen molar-refractivity contribution in [3.8, 4) is 0 Å². The number of nitrogens with zero attached hydrogens (tertiary/aromatic N) is 1. The average molecular weight is 329 g/mol. The number of halogens is 1. The number of aromatic nitrogens is 1. The van der Waals surface area contributed by atoms with Gasteiger partial charge in [0.25, 0.3) is 5.91 Å². The summed E-state index contributed by atoms with van der Waals surface area (Å²) in [5.41, 5.74) is 2.31. The summed E-state index contributed by atoms with van der Waals surface area (Å²) in [7, 11) is 0. The minimum Gasteiger partial charge on any atom is -0.347 e. The zero-order chi connectivity index (χ0) is 12.3. The van der Waals surface area contributed by atoms with Crippen molar-refractivity contribution in [3.63, 3.8) is 0 Å². The van der Waals surface area contributed by atoms with Crippen LogP contribution in [0, 0.1) is 0 Å². The lowest BCUT2D eigenvalue weighted by molar-refractivity contribution is 0.0948. The van der Waals surface area contributed by atoms with Crippen molar-refractivity contribution in [3.05, 3.63) is 44.8 Å². The van der Waals surface area contributed by atoms with Crippen molar-refractivity contribution >= 4 is 45.8 Å². The van der Waals surface area contributed by atoms with Crippen LogP contribution in [0.5, 0.6) is 0 Å². The van der Waals surface area contributed by atoms with E-state index >= 15 is 0 Å². The molecule has 6 heteroatoms. The van der Waals surface area contributed by atoms with Crippen LogP contribution < -0.4 is 5.32 Å². The molecule has 0 bridgehead atoms. The summed E-state index contributed by atoms with van der Waals surface area (Å²) in [5, 5.41) is 2.83. The third-order valence-electron chi connectivity index (χ3n) is 2.11. The Bertz CT molecular complexity index is 528. The topological polar surface area (TPSA) is 42.0 Å². The highest BCUT2D eigenvalue weighted by Crippen LogP contribution is 2.19. The highest BCUT2D eigenvalue weighted by atomic mass is 79.9. The number of carbonyl (C=O) groups excluding carboxylic acids is 1. The molecule has 0 aliphatic carbocycles. The molecule has 0 fully saturated rings. The Balaban J connectivity index is 2.04. The van der Waals surface area contributed by atoms with E-state index in [1.165, 1.54) is 11.3 Å². The second kappa shape index (κ2) is 5.66. The molecule has 0 unspecified atom stereocenters. The number of benzene rings is 1. The summed E-state index contributed by atoms with van der Waals surface area (Å²) < 4.78 is 0.904. The Morgan fingerprint density at radius 1 is 1.53 bits per heavy atom. The predicted molar refractivity (Wildman–Crippen MR) is 74.7 cm³/mol. The molecule has 0 saturated heterocycles. The van der Waals surface area contributed by atoms with Gasteiger partial charge in [0.2, 0.25) is 0 Å². The fraction of sp³-hybridized carbons (Fsp3) is 0.0909. The monoisotopic (exact) mass is 328 g/mol. The van der Waals surface area contributed by atoms with Crippen molar-refractivity contribution in [2.45, 2.75) is 11.4 Å². The molecular formula is C11H9BrN2OS2. The highest BCUT2D eigenvalue weighted by Gasteiger charge is 2.09. The zero-order valence-corrected chi connectivity index (χ0v) is 12.0. The van der Waals surface area contributed by atoms with Gasteiger partial charge in [0.15, 0.2) is 0 Å². The number of amides is 1. The van der Waals surface area contributed by atoms with Crippen molar-refractivity contribution in [2.75, 3.05) is 0 Å². The molecule has 3 nitrogen and oxygen atoms in total. The van der Waals surface area contributed by atoms with Gasteiger partial charge in [-0.3, -0.25) is 9.78 Å². The number of thiazole rings is 1. The van der Waals surface area contributed by atoms with Gasteiger partial charge in [-0.05, 0) is 18.2 Å². The van der Waals surface area contributed by atoms with Crippen molar-refractivity contribution in [1.29, 1.82) is 0 Å². The van der Waals surface area contributed by atoms with Crippen LogP contribution in [0.2, 0.25) is 0 Å². The van der Waals surface area contributed by atoms with Gasteiger partial charge in [0.1, 0.15) is 0 Å². The van der Waals surface area contributed by atoms with Crippen LogP contribution in [0.3, 0.4) is 0 Å². The van der Waals surface area contributed by atoms with E-state index < -0.39 is 0 Å². The van der Waals surface area contributed by atoms with E-state index in [2.05, 4.69) is 38.9 Å². The molecule has 0 spiro atoms. The Morgan fingerprint density at radius 2 is 2.35 bits per heavy atom. The molecule has 0 aliphatic heterocycles. The normalized spacial score (nSPS) is 10.2. The van der Waals surface area contributed by atoms with E-state index in [0.717, 1.165) is 9.35 Å². The van der Waals surface area contributed by atoms with Crippen LogP contribution in [0.15, 0.2) is 39.3 Å². The second-order valence-corrected chi connectivity index (χ2v) is 5.68. The third kappa shape index (κ3) is 3.31. The summed E-state index contributed by atoms with van der Waals surface area (Å²) in [6.07, 6.45) is 1.74. The number of hydrogen-bond acceptors (Lipinski definition) is 4. The minimum atomic E-state index is -0.129. The fourth-order valence-corrected chi connectivity index (χ4v) is 2.68. The summed E-state index contributed by atoms with van der Waals surface area (Å²) in [6, 6.07) is 5.36. The lowest BCUT2D eigenvalue weighted by Gasteiger charge is -2.06.